The van der Waals surface area contributed by atoms with Crippen LogP contribution in [0.25, 0.3) is 0 Å². The number of carboxylic acids is 1. The molecule has 4 rings (SSSR count). The zero-order valence-electron chi connectivity index (χ0n) is 19.7. The molecule has 2 amide bonds. The molecule has 4 heterocycles. The van der Waals surface area contributed by atoms with E-state index in [0.29, 0.717) is 10.7 Å². The molecule has 3 aliphatic rings. The molecule has 0 spiro atoms. The normalized spacial score (nSPS) is 23.0. The zero-order valence-corrected chi connectivity index (χ0v) is 22.1. The third-order valence-electron chi connectivity index (χ3n) is 5.28. The number of amides is 2. The fourth-order valence-electron chi connectivity index (χ4n) is 3.57. The number of carbonyl (C=O) groups is 3. The lowest BCUT2D eigenvalue weighted by Crippen LogP contribution is -2.71. The van der Waals surface area contributed by atoms with Crippen LogP contribution in [0.15, 0.2) is 38.7 Å². The number of anilines is 1. The SMILES string of the molecule is CC#CO/N=C(\C(=O)NC1C(=O)N2C(C(=O)O)=C(CSC3=NC(N)=CC(N)N3N)CS[C@@H]12)c1csc(N)n1. The number of carbonyl (C=O) groups excluding carboxylic acids is 2. The number of β-lactam (4-membered cyclic amide) rings is 1. The number of carboxylic acid groups (broad SMARTS) is 1. The zero-order chi connectivity index (χ0) is 27.6. The first kappa shape index (κ1) is 27.3. The molecule has 0 bridgehead atoms. The van der Waals surface area contributed by atoms with Crippen LogP contribution in [0, 0.1) is 12.0 Å². The average Bonchev–Trinajstić information content (AvgIpc) is 3.31. The summed E-state index contributed by atoms with van der Waals surface area (Å²) in [5.74, 6) is 6.42. The van der Waals surface area contributed by atoms with Crippen molar-refractivity contribution in [3.05, 3.63) is 34.2 Å². The molecule has 38 heavy (non-hydrogen) atoms. The van der Waals surface area contributed by atoms with Crippen LogP contribution in [-0.4, -0.2) is 77.7 Å². The van der Waals surface area contributed by atoms with E-state index in [4.69, 9.17) is 27.9 Å². The maximum Gasteiger partial charge on any atom is 0.352 e. The Morgan fingerprint density at radius 2 is 2.18 bits per heavy atom. The minimum atomic E-state index is -1.28. The number of hydrogen-bond donors (Lipinski definition) is 6. The first-order chi connectivity index (χ1) is 18.1. The lowest BCUT2D eigenvalue weighted by molar-refractivity contribution is -0.150. The van der Waals surface area contributed by atoms with Gasteiger partial charge in [-0.3, -0.25) is 19.5 Å². The van der Waals surface area contributed by atoms with Gasteiger partial charge in [-0.2, -0.15) is 0 Å². The molecule has 200 valence electrons. The van der Waals surface area contributed by atoms with Gasteiger partial charge in [-0.1, -0.05) is 22.8 Å². The van der Waals surface area contributed by atoms with Crippen LogP contribution < -0.4 is 28.4 Å². The van der Waals surface area contributed by atoms with Crippen LogP contribution in [-0.2, 0) is 19.2 Å². The van der Waals surface area contributed by atoms with E-state index in [-0.39, 0.29) is 39.6 Å². The number of aromatic nitrogens is 1. The van der Waals surface area contributed by atoms with Crippen LogP contribution in [0.4, 0.5) is 5.13 Å². The molecular weight excluding hydrogens is 556 g/mol. The minimum Gasteiger partial charge on any atom is -0.477 e. The number of nitrogens with two attached hydrogens (primary N) is 4. The van der Waals surface area contributed by atoms with Gasteiger partial charge in [0.05, 0.1) is 0 Å². The Morgan fingerprint density at radius 3 is 2.84 bits per heavy atom. The maximum atomic E-state index is 13.0. The topological polar surface area (TPSA) is 241 Å². The van der Waals surface area contributed by atoms with E-state index in [0.717, 1.165) is 28.0 Å². The number of thiazole rings is 1. The Kier molecular flexibility index (Phi) is 8.13. The van der Waals surface area contributed by atoms with Crippen molar-refractivity contribution >= 4 is 68.7 Å². The Bertz CT molecular complexity index is 1360. The number of hydrogen-bond acceptors (Lipinski definition) is 15. The average molecular weight is 579 g/mol. The van der Waals surface area contributed by atoms with E-state index in [1.807, 2.05) is 0 Å². The van der Waals surface area contributed by atoms with Crippen molar-refractivity contribution in [2.45, 2.75) is 24.5 Å². The van der Waals surface area contributed by atoms with Crippen LogP contribution in [0.2, 0.25) is 0 Å². The highest BCUT2D eigenvalue weighted by molar-refractivity contribution is 8.14. The van der Waals surface area contributed by atoms with Crippen molar-refractivity contribution in [3.8, 4) is 12.0 Å². The molecule has 18 heteroatoms. The Labute approximate surface area is 228 Å². The first-order valence-electron chi connectivity index (χ1n) is 10.7. The van der Waals surface area contributed by atoms with Crippen molar-refractivity contribution in [2.24, 2.45) is 27.5 Å². The predicted octanol–water partition coefficient (Wildman–Crippen LogP) is -1.47. The van der Waals surface area contributed by atoms with Crippen LogP contribution in [0.3, 0.4) is 0 Å². The number of amidine groups is 1. The van der Waals surface area contributed by atoms with Gasteiger partial charge in [0, 0.05) is 23.8 Å². The van der Waals surface area contributed by atoms with Crippen molar-refractivity contribution in [3.63, 3.8) is 0 Å². The van der Waals surface area contributed by atoms with Gasteiger partial charge in [0.1, 0.15) is 40.9 Å². The highest BCUT2D eigenvalue weighted by Gasteiger charge is 2.54. The van der Waals surface area contributed by atoms with Gasteiger partial charge in [-0.25, -0.2) is 20.6 Å². The Hall–Kier alpha value is -3.76. The molecule has 1 aromatic heterocycles. The molecule has 0 radical (unpaired) electrons. The largest absolute Gasteiger partial charge is 0.477 e. The standard InChI is InChI=1S/C20H22N10O5S3/c1-2-3-35-28-12(9-7-37-19(23)25-9)15(31)27-13-16(32)29-14(18(33)34)8(5-36-17(13)29)6-38-20-26-10(21)4-11(22)30(20)24/h4,7,11,13,17H,5-6,21-22,24H2,1H3,(H2,23,25)(H,27,31)(H,33,34)/b28-12-/t11?,13?,17-/m0/s1. The summed E-state index contributed by atoms with van der Waals surface area (Å²) in [5, 5.41) is 18.8. The fourth-order valence-corrected chi connectivity index (χ4v) is 6.57. The summed E-state index contributed by atoms with van der Waals surface area (Å²) in [7, 11) is 0. The predicted molar refractivity (Wildman–Crippen MR) is 143 cm³/mol. The molecule has 0 aromatic carbocycles. The lowest BCUT2D eigenvalue weighted by atomic mass is 10.0. The Balaban J connectivity index is 1.49. The first-order valence-corrected chi connectivity index (χ1v) is 13.6. The van der Waals surface area contributed by atoms with Gasteiger partial charge in [0.15, 0.2) is 16.0 Å². The lowest BCUT2D eigenvalue weighted by Gasteiger charge is -2.49. The maximum absolute atomic E-state index is 13.0. The number of hydrazine groups is 1. The number of aliphatic imine (C=N–C) groups is 1. The second-order valence-corrected chi connectivity index (χ2v) is 10.7. The molecule has 15 nitrogen and oxygen atoms in total. The smallest absolute Gasteiger partial charge is 0.352 e. The van der Waals surface area contributed by atoms with Crippen molar-refractivity contribution < 1.29 is 24.3 Å². The number of oxime groups is 1. The molecule has 1 aromatic rings. The summed E-state index contributed by atoms with van der Waals surface area (Å²) in [6.45, 7) is 1.52. The second-order valence-electron chi connectivity index (χ2n) is 7.74. The molecular formula is C20H22N10O5S3. The third kappa shape index (κ3) is 5.41. The molecule has 0 saturated carbocycles. The molecule has 0 aliphatic carbocycles. The molecule has 2 unspecified atom stereocenters. The number of fused-ring (bicyclic) bond motifs is 1. The summed E-state index contributed by atoms with van der Waals surface area (Å²) in [4.78, 5) is 52.3. The van der Waals surface area contributed by atoms with Gasteiger partial charge < -0.3 is 32.5 Å². The minimum absolute atomic E-state index is 0.142. The summed E-state index contributed by atoms with van der Waals surface area (Å²) in [6, 6.07) is -1.00. The van der Waals surface area contributed by atoms with Gasteiger partial charge in [-0.05, 0) is 11.6 Å². The molecule has 1 fully saturated rings. The third-order valence-corrected chi connectivity index (χ3v) is 8.35. The molecule has 3 atom stereocenters. The second kappa shape index (κ2) is 11.3. The molecule has 1 saturated heterocycles. The van der Waals surface area contributed by atoms with Crippen LogP contribution in [0.5, 0.6) is 0 Å². The molecule has 10 N–H and O–H groups in total. The van der Waals surface area contributed by atoms with Gasteiger partial charge in [0.25, 0.3) is 11.8 Å². The van der Waals surface area contributed by atoms with Gasteiger partial charge in [-0.15, -0.1) is 23.1 Å². The monoisotopic (exact) mass is 578 g/mol. The van der Waals surface area contributed by atoms with Gasteiger partial charge >= 0.3 is 5.97 Å². The van der Waals surface area contributed by atoms with E-state index in [2.05, 4.69) is 32.5 Å². The number of nitrogens with one attached hydrogen (secondary N) is 1. The number of nitrogens with zero attached hydrogens (tertiary/aromatic N) is 5. The Morgan fingerprint density at radius 1 is 1.42 bits per heavy atom. The van der Waals surface area contributed by atoms with Gasteiger partial charge in [0.2, 0.25) is 0 Å². The highest BCUT2D eigenvalue weighted by atomic mass is 32.2. The van der Waals surface area contributed by atoms with Crippen LogP contribution in [0.1, 0.15) is 12.6 Å². The molecule has 3 aliphatic heterocycles. The number of rotatable bonds is 7. The van der Waals surface area contributed by atoms with Crippen LogP contribution >= 0.6 is 34.9 Å². The number of aliphatic carboxylic acids is 1. The summed E-state index contributed by atoms with van der Waals surface area (Å²) >= 11 is 3.54. The van der Waals surface area contributed by atoms with E-state index in [9.17, 15) is 19.5 Å². The summed E-state index contributed by atoms with van der Waals surface area (Å²) in [6.07, 6.45) is 3.05. The van der Waals surface area contributed by atoms with E-state index in [1.165, 1.54) is 35.2 Å². The highest BCUT2D eigenvalue weighted by Crippen LogP contribution is 2.41. The summed E-state index contributed by atoms with van der Waals surface area (Å²) < 4.78 is 0. The number of nitrogen functional groups attached to an aromatic ring is 1. The van der Waals surface area contributed by atoms with Crippen molar-refractivity contribution in [1.82, 2.24) is 20.2 Å². The van der Waals surface area contributed by atoms with Crippen molar-refractivity contribution in [1.29, 1.82) is 0 Å². The number of thioether (sulfide) groups is 2. The van der Waals surface area contributed by atoms with E-state index < -0.39 is 35.4 Å². The van der Waals surface area contributed by atoms with Crippen molar-refractivity contribution in [2.75, 3.05) is 17.2 Å². The quantitative estimate of drug-likeness (QED) is 0.0712. The fraction of sp³-hybridized carbons (Fsp3) is 0.300. The van der Waals surface area contributed by atoms with E-state index >= 15 is 0 Å². The van der Waals surface area contributed by atoms with E-state index in [1.54, 1.807) is 0 Å². The summed E-state index contributed by atoms with van der Waals surface area (Å²) in [5.41, 5.74) is 17.5.